The fourth-order valence-corrected chi connectivity index (χ4v) is 2.45. The van der Waals surface area contributed by atoms with Crippen molar-refractivity contribution in [2.24, 2.45) is 0 Å². The van der Waals surface area contributed by atoms with E-state index < -0.39 is 16.9 Å². The second-order valence-electron chi connectivity index (χ2n) is 5.28. The molecule has 3 rings (SSSR count). The zero-order chi connectivity index (χ0) is 17.3. The van der Waals surface area contributed by atoms with Crippen LogP contribution >= 0.6 is 0 Å². The number of nitro groups is 1. The van der Waals surface area contributed by atoms with Crippen molar-refractivity contribution < 1.29 is 14.8 Å². The number of hydrogen-bond acceptors (Lipinski definition) is 5. The van der Waals surface area contributed by atoms with Crippen LogP contribution in [0.4, 0.5) is 11.4 Å². The predicted octanol–water partition coefficient (Wildman–Crippen LogP) is 2.78. The zero-order valence-corrected chi connectivity index (χ0v) is 12.7. The summed E-state index contributed by atoms with van der Waals surface area (Å²) in [5.41, 5.74) is 1.47. The third-order valence-electron chi connectivity index (χ3n) is 3.63. The number of carbonyl (C=O) groups excluding carboxylic acids is 1. The number of benzene rings is 2. The Bertz CT molecular complexity index is 933. The van der Waals surface area contributed by atoms with Gasteiger partial charge in [-0.2, -0.15) is 5.10 Å². The van der Waals surface area contributed by atoms with E-state index in [4.69, 9.17) is 0 Å². The zero-order valence-electron chi connectivity index (χ0n) is 12.7. The first-order valence-electron chi connectivity index (χ1n) is 7.18. The van der Waals surface area contributed by atoms with E-state index in [2.05, 4.69) is 15.5 Å². The molecule has 122 valence electrons. The number of aliphatic hydroxyl groups excluding tert-OH is 1. The van der Waals surface area contributed by atoms with Crippen molar-refractivity contribution in [2.75, 3.05) is 5.32 Å². The Labute approximate surface area is 136 Å². The van der Waals surface area contributed by atoms with Crippen LogP contribution in [-0.4, -0.2) is 26.1 Å². The van der Waals surface area contributed by atoms with Gasteiger partial charge in [0.15, 0.2) is 5.69 Å². The van der Waals surface area contributed by atoms with Gasteiger partial charge in [-0.25, -0.2) is 0 Å². The van der Waals surface area contributed by atoms with Gasteiger partial charge in [0.25, 0.3) is 11.6 Å². The number of para-hydroxylation sites is 1. The summed E-state index contributed by atoms with van der Waals surface area (Å²) in [6.45, 7) is 1.60. The standard InChI is InChI=1S/C16H14N4O4/c1-9(21)11-4-2-3-5-13(11)17-16(22)15-12-8-10(20(23)24)6-7-14(12)18-19-15/h2-9,21H,1H3,(H,17,22)(H,18,19)/t9-/m1/s1. The number of amides is 1. The van der Waals surface area contributed by atoms with Crippen molar-refractivity contribution >= 4 is 28.2 Å². The molecule has 0 saturated heterocycles. The lowest BCUT2D eigenvalue weighted by Gasteiger charge is -2.12. The summed E-state index contributed by atoms with van der Waals surface area (Å²) < 4.78 is 0. The highest BCUT2D eigenvalue weighted by Crippen LogP contribution is 2.25. The van der Waals surface area contributed by atoms with Crippen LogP contribution in [0.1, 0.15) is 29.1 Å². The van der Waals surface area contributed by atoms with Gasteiger partial charge in [0.05, 0.1) is 16.5 Å². The van der Waals surface area contributed by atoms with Gasteiger partial charge in [-0.15, -0.1) is 0 Å². The lowest BCUT2D eigenvalue weighted by molar-refractivity contribution is -0.384. The van der Waals surface area contributed by atoms with Gasteiger partial charge in [0.1, 0.15) is 0 Å². The van der Waals surface area contributed by atoms with Gasteiger partial charge in [0.2, 0.25) is 0 Å². The molecule has 0 unspecified atom stereocenters. The van der Waals surface area contributed by atoms with Crippen LogP contribution < -0.4 is 5.32 Å². The topological polar surface area (TPSA) is 121 Å². The minimum absolute atomic E-state index is 0.0501. The molecule has 1 atom stereocenters. The highest BCUT2D eigenvalue weighted by atomic mass is 16.6. The molecular weight excluding hydrogens is 312 g/mol. The second kappa shape index (κ2) is 6.09. The van der Waals surface area contributed by atoms with E-state index >= 15 is 0 Å². The fourth-order valence-electron chi connectivity index (χ4n) is 2.45. The molecule has 0 aliphatic carbocycles. The number of nitrogens with zero attached hydrogens (tertiary/aromatic N) is 2. The molecule has 1 heterocycles. The maximum Gasteiger partial charge on any atom is 0.276 e. The van der Waals surface area contributed by atoms with E-state index in [1.54, 1.807) is 31.2 Å². The Morgan fingerprint density at radius 3 is 2.79 bits per heavy atom. The minimum atomic E-state index is -0.751. The van der Waals surface area contributed by atoms with Crippen molar-refractivity contribution in [3.63, 3.8) is 0 Å². The van der Waals surface area contributed by atoms with Gasteiger partial charge in [-0.3, -0.25) is 20.0 Å². The van der Waals surface area contributed by atoms with E-state index in [9.17, 15) is 20.0 Å². The lowest BCUT2D eigenvalue weighted by atomic mass is 10.1. The average Bonchev–Trinajstić information content (AvgIpc) is 2.98. The first kappa shape index (κ1) is 15.6. The molecule has 0 aliphatic heterocycles. The second-order valence-corrected chi connectivity index (χ2v) is 5.28. The summed E-state index contributed by atoms with van der Waals surface area (Å²) in [6, 6.07) is 11.0. The van der Waals surface area contributed by atoms with Crippen LogP contribution in [0.15, 0.2) is 42.5 Å². The van der Waals surface area contributed by atoms with Gasteiger partial charge >= 0.3 is 0 Å². The number of non-ortho nitro benzene ring substituents is 1. The normalized spacial score (nSPS) is 12.1. The molecule has 3 aromatic rings. The molecule has 0 aliphatic rings. The highest BCUT2D eigenvalue weighted by molar-refractivity contribution is 6.11. The molecule has 1 aromatic heterocycles. The van der Waals surface area contributed by atoms with Crippen LogP contribution in [0.25, 0.3) is 10.9 Å². The summed E-state index contributed by atoms with van der Waals surface area (Å²) in [5, 5.41) is 30.3. The quantitative estimate of drug-likeness (QED) is 0.503. The van der Waals surface area contributed by atoms with Gasteiger partial charge in [-0.05, 0) is 19.1 Å². The summed E-state index contributed by atoms with van der Waals surface area (Å²) in [7, 11) is 0. The monoisotopic (exact) mass is 326 g/mol. The maximum absolute atomic E-state index is 12.5. The third kappa shape index (κ3) is 2.82. The third-order valence-corrected chi connectivity index (χ3v) is 3.63. The molecule has 3 N–H and O–H groups in total. The molecule has 0 fully saturated rings. The van der Waals surface area contributed by atoms with E-state index in [0.29, 0.717) is 22.2 Å². The number of rotatable bonds is 4. The van der Waals surface area contributed by atoms with E-state index in [0.717, 1.165) is 0 Å². The van der Waals surface area contributed by atoms with Crippen molar-refractivity contribution in [3.8, 4) is 0 Å². The van der Waals surface area contributed by atoms with Crippen molar-refractivity contribution in [1.29, 1.82) is 0 Å². The SMILES string of the molecule is C[C@@H](O)c1ccccc1NC(=O)c1n[nH]c2ccc([N+](=O)[O-])cc12. The average molecular weight is 326 g/mol. The summed E-state index contributed by atoms with van der Waals surface area (Å²) in [5.74, 6) is -0.519. The van der Waals surface area contributed by atoms with Crippen molar-refractivity contribution in [3.05, 3.63) is 63.8 Å². The first-order chi connectivity index (χ1) is 11.5. The largest absolute Gasteiger partial charge is 0.389 e. The molecule has 0 saturated carbocycles. The van der Waals surface area contributed by atoms with Crippen molar-refractivity contribution in [2.45, 2.75) is 13.0 Å². The van der Waals surface area contributed by atoms with Crippen LogP contribution in [-0.2, 0) is 0 Å². The summed E-state index contributed by atoms with van der Waals surface area (Å²) in [4.78, 5) is 22.9. The number of carbonyl (C=O) groups is 1. The molecule has 0 radical (unpaired) electrons. The molecule has 0 bridgehead atoms. The Kier molecular flexibility index (Phi) is 3.97. The molecule has 2 aromatic carbocycles. The Morgan fingerprint density at radius 2 is 2.08 bits per heavy atom. The number of nitro benzene ring substituents is 1. The van der Waals surface area contributed by atoms with Gasteiger partial charge < -0.3 is 10.4 Å². The number of fused-ring (bicyclic) bond motifs is 1. The number of aliphatic hydroxyl groups is 1. The number of anilines is 1. The lowest BCUT2D eigenvalue weighted by Crippen LogP contribution is -2.14. The van der Waals surface area contributed by atoms with Crippen LogP contribution in [0.3, 0.4) is 0 Å². The van der Waals surface area contributed by atoms with E-state index in [1.807, 2.05) is 0 Å². The van der Waals surface area contributed by atoms with Crippen LogP contribution in [0.5, 0.6) is 0 Å². The predicted molar refractivity (Wildman–Crippen MR) is 87.8 cm³/mol. The fraction of sp³-hybridized carbons (Fsp3) is 0.125. The summed E-state index contributed by atoms with van der Waals surface area (Å²) >= 11 is 0. The maximum atomic E-state index is 12.5. The molecule has 1 amide bonds. The Balaban J connectivity index is 1.98. The molecule has 8 heteroatoms. The minimum Gasteiger partial charge on any atom is -0.389 e. The molecule has 8 nitrogen and oxygen atoms in total. The van der Waals surface area contributed by atoms with Crippen LogP contribution in [0.2, 0.25) is 0 Å². The smallest absolute Gasteiger partial charge is 0.276 e. The van der Waals surface area contributed by atoms with Gasteiger partial charge in [-0.1, -0.05) is 18.2 Å². The molecule has 0 spiro atoms. The van der Waals surface area contributed by atoms with E-state index in [1.165, 1.54) is 18.2 Å². The molecular formula is C16H14N4O4. The number of H-pyrrole nitrogens is 1. The van der Waals surface area contributed by atoms with Crippen LogP contribution in [0, 0.1) is 10.1 Å². The molecule has 24 heavy (non-hydrogen) atoms. The highest BCUT2D eigenvalue weighted by Gasteiger charge is 2.18. The van der Waals surface area contributed by atoms with Gasteiger partial charge in [0, 0.05) is 28.8 Å². The summed E-state index contributed by atoms with van der Waals surface area (Å²) in [6.07, 6.45) is -0.751. The number of aromatic nitrogens is 2. The Hall–Kier alpha value is -3.26. The Morgan fingerprint density at radius 1 is 1.33 bits per heavy atom. The number of hydrogen-bond donors (Lipinski definition) is 3. The van der Waals surface area contributed by atoms with Crippen molar-refractivity contribution in [1.82, 2.24) is 10.2 Å². The first-order valence-corrected chi connectivity index (χ1v) is 7.18. The number of nitrogens with one attached hydrogen (secondary N) is 2. The van der Waals surface area contributed by atoms with E-state index in [-0.39, 0.29) is 11.4 Å². The number of aromatic amines is 1.